The summed E-state index contributed by atoms with van der Waals surface area (Å²) in [7, 11) is 0. The lowest BCUT2D eigenvalue weighted by atomic mass is 10.0. The van der Waals surface area contributed by atoms with E-state index in [9.17, 15) is 9.59 Å². The molecule has 0 bridgehead atoms. The van der Waals surface area contributed by atoms with Crippen molar-refractivity contribution < 1.29 is 27.9 Å². The van der Waals surface area contributed by atoms with Crippen molar-refractivity contribution in [1.29, 1.82) is 0 Å². The molecule has 8 nitrogen and oxygen atoms in total. The van der Waals surface area contributed by atoms with E-state index in [0.717, 1.165) is 50.6 Å². The number of carbonyl (C=O) groups is 2. The number of rotatable bonds is 12. The molecular formula is C31H30N2O6. The van der Waals surface area contributed by atoms with Gasteiger partial charge in [0.2, 0.25) is 5.91 Å². The van der Waals surface area contributed by atoms with Gasteiger partial charge in [-0.25, -0.2) is 0 Å². The number of fused-ring (bicyclic) bond motifs is 2. The Hall–Kier alpha value is -4.72. The maximum Gasteiger partial charge on any atom is 0.284 e. The molecule has 2 heterocycles. The van der Waals surface area contributed by atoms with Gasteiger partial charge in [0.1, 0.15) is 30.3 Å². The van der Waals surface area contributed by atoms with Crippen LogP contribution in [-0.2, 0) is 24.1 Å². The smallest absolute Gasteiger partial charge is 0.284 e. The average molecular weight is 527 g/mol. The molecule has 0 saturated heterocycles. The first kappa shape index (κ1) is 25.9. The van der Waals surface area contributed by atoms with Crippen molar-refractivity contribution in [3.05, 3.63) is 95.6 Å². The van der Waals surface area contributed by atoms with Crippen LogP contribution in [0.3, 0.4) is 0 Å². The van der Waals surface area contributed by atoms with Gasteiger partial charge < -0.3 is 29.4 Å². The molecule has 3 aromatic carbocycles. The van der Waals surface area contributed by atoms with Gasteiger partial charge in [-0.3, -0.25) is 9.59 Å². The average Bonchev–Trinajstić information content (AvgIpc) is 3.57. The molecule has 200 valence electrons. The third-order valence-electron chi connectivity index (χ3n) is 6.59. The van der Waals surface area contributed by atoms with Crippen LogP contribution in [0.4, 0.5) is 0 Å². The van der Waals surface area contributed by atoms with Crippen LogP contribution in [0, 0.1) is 0 Å². The Bertz CT molecular complexity index is 1620. The molecule has 0 fully saturated rings. The Kier molecular flexibility index (Phi) is 7.82. The molecule has 0 radical (unpaired) electrons. The molecular weight excluding hydrogens is 496 g/mol. The number of ether oxygens (including phenoxy) is 2. The molecule has 5 aromatic rings. The molecule has 0 saturated carbocycles. The summed E-state index contributed by atoms with van der Waals surface area (Å²) in [6.07, 6.45) is 5.21. The number of hydrogen-bond donors (Lipinski definition) is 2. The van der Waals surface area contributed by atoms with Gasteiger partial charge in [0.15, 0.2) is 5.76 Å². The summed E-state index contributed by atoms with van der Waals surface area (Å²) >= 11 is 0. The molecule has 0 aliphatic heterocycles. The normalized spacial score (nSPS) is 11.1. The SMILES string of the molecule is CC(=O)NCCc1cccc2ccc(OCCOc3ccc4occ(CCc5ccoc5C(N)=O)c4c3)cc12. The Morgan fingerprint density at radius 1 is 0.821 bits per heavy atom. The minimum Gasteiger partial charge on any atom is -0.490 e. The lowest BCUT2D eigenvalue weighted by Crippen LogP contribution is -2.22. The number of carbonyl (C=O) groups excluding carboxylic acids is 2. The van der Waals surface area contributed by atoms with Crippen molar-refractivity contribution >= 4 is 33.6 Å². The highest BCUT2D eigenvalue weighted by molar-refractivity contribution is 5.91. The topological polar surface area (TPSA) is 117 Å². The van der Waals surface area contributed by atoms with Crippen LogP contribution in [0.5, 0.6) is 11.5 Å². The standard InChI is InChI=1S/C31H30N2O6/c1-20(34)33-13-11-22-4-2-3-21-7-8-25(17-27(21)22)36-15-16-37-26-9-10-29-28(18-26)24(19-39-29)6-5-23-12-14-38-30(23)31(32)35/h2-4,7-10,12,14,17-19H,5-6,11,13,15-16H2,1H3,(H2,32,35)(H,33,34). The number of aryl methyl sites for hydroxylation is 2. The summed E-state index contributed by atoms with van der Waals surface area (Å²) in [6.45, 7) is 2.87. The maximum absolute atomic E-state index is 11.5. The van der Waals surface area contributed by atoms with E-state index in [-0.39, 0.29) is 11.7 Å². The van der Waals surface area contributed by atoms with Gasteiger partial charge in [-0.05, 0) is 77.6 Å². The lowest BCUT2D eigenvalue weighted by Gasteiger charge is -2.11. The number of nitrogens with two attached hydrogens (primary N) is 1. The monoisotopic (exact) mass is 526 g/mol. The fourth-order valence-electron chi connectivity index (χ4n) is 4.68. The Morgan fingerprint density at radius 2 is 1.56 bits per heavy atom. The van der Waals surface area contributed by atoms with Gasteiger partial charge >= 0.3 is 0 Å². The van der Waals surface area contributed by atoms with Crippen LogP contribution < -0.4 is 20.5 Å². The molecule has 2 amide bonds. The van der Waals surface area contributed by atoms with E-state index in [1.807, 2.05) is 42.5 Å². The number of benzene rings is 3. The van der Waals surface area contributed by atoms with Crippen molar-refractivity contribution in [3.8, 4) is 11.5 Å². The first-order chi connectivity index (χ1) is 19.0. The summed E-state index contributed by atoms with van der Waals surface area (Å²) in [5, 5.41) is 6.04. The van der Waals surface area contributed by atoms with Crippen molar-refractivity contribution in [2.75, 3.05) is 19.8 Å². The summed E-state index contributed by atoms with van der Waals surface area (Å²) < 4.78 is 22.8. The number of furan rings is 2. The summed E-state index contributed by atoms with van der Waals surface area (Å²) in [5.41, 5.74) is 9.09. The Balaban J connectivity index is 1.18. The molecule has 0 aliphatic rings. The van der Waals surface area contributed by atoms with E-state index < -0.39 is 5.91 Å². The second-order valence-corrected chi connectivity index (χ2v) is 9.29. The molecule has 0 spiro atoms. The number of primary amides is 1. The van der Waals surface area contributed by atoms with Gasteiger partial charge in [-0.1, -0.05) is 24.3 Å². The van der Waals surface area contributed by atoms with Crippen molar-refractivity contribution in [3.63, 3.8) is 0 Å². The second-order valence-electron chi connectivity index (χ2n) is 9.29. The van der Waals surface area contributed by atoms with Crippen LogP contribution in [0.15, 0.2) is 82.0 Å². The summed E-state index contributed by atoms with van der Waals surface area (Å²) in [5.74, 6) is 1.07. The zero-order valence-corrected chi connectivity index (χ0v) is 21.7. The van der Waals surface area contributed by atoms with Gasteiger partial charge in [-0.15, -0.1) is 0 Å². The van der Waals surface area contributed by atoms with Crippen LogP contribution in [0.2, 0.25) is 0 Å². The number of nitrogens with one attached hydrogen (secondary N) is 1. The van der Waals surface area contributed by atoms with Crippen molar-refractivity contribution in [2.24, 2.45) is 5.73 Å². The first-order valence-corrected chi connectivity index (χ1v) is 12.9. The first-order valence-electron chi connectivity index (χ1n) is 12.9. The van der Waals surface area contributed by atoms with Crippen LogP contribution in [0.1, 0.15) is 34.2 Å². The third kappa shape index (κ3) is 6.23. The van der Waals surface area contributed by atoms with Crippen LogP contribution in [-0.4, -0.2) is 31.6 Å². The third-order valence-corrected chi connectivity index (χ3v) is 6.59. The highest BCUT2D eigenvalue weighted by Crippen LogP contribution is 2.28. The van der Waals surface area contributed by atoms with Crippen LogP contribution in [0.25, 0.3) is 21.7 Å². The van der Waals surface area contributed by atoms with E-state index in [1.165, 1.54) is 13.2 Å². The second kappa shape index (κ2) is 11.8. The van der Waals surface area contributed by atoms with Crippen molar-refractivity contribution in [1.82, 2.24) is 5.32 Å². The van der Waals surface area contributed by atoms with Gasteiger partial charge in [-0.2, -0.15) is 0 Å². The fraction of sp³-hybridized carbons (Fsp3) is 0.226. The van der Waals surface area contributed by atoms with Crippen molar-refractivity contribution in [2.45, 2.75) is 26.2 Å². The minimum absolute atomic E-state index is 0.0320. The van der Waals surface area contributed by atoms with Gasteiger partial charge in [0.25, 0.3) is 5.91 Å². The molecule has 0 aliphatic carbocycles. The van der Waals surface area contributed by atoms with E-state index >= 15 is 0 Å². The lowest BCUT2D eigenvalue weighted by molar-refractivity contribution is -0.118. The summed E-state index contributed by atoms with van der Waals surface area (Å²) in [4.78, 5) is 22.7. The summed E-state index contributed by atoms with van der Waals surface area (Å²) in [6, 6.07) is 19.7. The van der Waals surface area contributed by atoms with E-state index in [0.29, 0.717) is 38.3 Å². The molecule has 3 N–H and O–H groups in total. The Labute approximate surface area is 225 Å². The fourth-order valence-corrected chi connectivity index (χ4v) is 4.68. The van der Waals surface area contributed by atoms with E-state index in [1.54, 1.807) is 12.3 Å². The Morgan fingerprint density at radius 3 is 2.33 bits per heavy atom. The van der Waals surface area contributed by atoms with Gasteiger partial charge in [0, 0.05) is 24.4 Å². The molecule has 0 atom stereocenters. The highest BCUT2D eigenvalue weighted by Gasteiger charge is 2.14. The highest BCUT2D eigenvalue weighted by atomic mass is 16.5. The molecule has 0 unspecified atom stereocenters. The minimum atomic E-state index is -0.573. The molecule has 5 rings (SSSR count). The molecule has 8 heteroatoms. The predicted octanol–water partition coefficient (Wildman–Crippen LogP) is 5.20. The largest absolute Gasteiger partial charge is 0.490 e. The number of amides is 2. The van der Waals surface area contributed by atoms with Gasteiger partial charge in [0.05, 0.1) is 12.5 Å². The predicted molar refractivity (Wildman–Crippen MR) is 148 cm³/mol. The zero-order chi connectivity index (χ0) is 27.2. The van der Waals surface area contributed by atoms with Crippen LogP contribution >= 0.6 is 0 Å². The molecule has 39 heavy (non-hydrogen) atoms. The zero-order valence-electron chi connectivity index (χ0n) is 21.7. The molecule has 2 aromatic heterocycles. The quantitative estimate of drug-likeness (QED) is 0.216. The number of hydrogen-bond acceptors (Lipinski definition) is 6. The van der Waals surface area contributed by atoms with E-state index in [4.69, 9.17) is 24.0 Å². The maximum atomic E-state index is 11.5. The van der Waals surface area contributed by atoms with E-state index in [2.05, 4.69) is 17.4 Å².